The first-order chi connectivity index (χ1) is 13.2. The summed E-state index contributed by atoms with van der Waals surface area (Å²) in [5, 5.41) is 0. The Morgan fingerprint density at radius 3 is 2.85 bits per heavy atom. The Labute approximate surface area is 158 Å². The van der Waals surface area contributed by atoms with Gasteiger partial charge in [0.2, 0.25) is 11.8 Å². The number of amides is 2. The molecular formula is C20H22N4O3. The number of rotatable bonds is 4. The van der Waals surface area contributed by atoms with E-state index in [0.717, 1.165) is 18.5 Å². The summed E-state index contributed by atoms with van der Waals surface area (Å²) < 4.78 is 5.12. The average molecular weight is 366 g/mol. The Kier molecular flexibility index (Phi) is 4.75. The van der Waals surface area contributed by atoms with Crippen molar-refractivity contribution in [3.05, 3.63) is 54.0 Å². The third-order valence-electron chi connectivity index (χ3n) is 5.33. The number of aromatic nitrogens is 2. The second kappa shape index (κ2) is 7.34. The summed E-state index contributed by atoms with van der Waals surface area (Å²) in [6.45, 7) is 1.49. The van der Waals surface area contributed by atoms with Gasteiger partial charge in [-0.25, -0.2) is 4.98 Å². The van der Waals surface area contributed by atoms with Gasteiger partial charge in [-0.15, -0.1) is 0 Å². The second-order valence-electron chi connectivity index (χ2n) is 7.01. The minimum atomic E-state index is -0.153. The van der Waals surface area contributed by atoms with Crippen LogP contribution in [0, 0.1) is 5.92 Å². The van der Waals surface area contributed by atoms with E-state index in [-0.39, 0.29) is 23.8 Å². The first-order valence-corrected chi connectivity index (χ1v) is 9.15. The van der Waals surface area contributed by atoms with Gasteiger partial charge in [0.25, 0.3) is 5.91 Å². The molecule has 5 heterocycles. The molecule has 2 aromatic heterocycles. The van der Waals surface area contributed by atoms with E-state index in [1.807, 2.05) is 23.1 Å². The summed E-state index contributed by atoms with van der Waals surface area (Å²) in [4.78, 5) is 38.1. The lowest BCUT2D eigenvalue weighted by Gasteiger charge is -2.35. The first-order valence-electron chi connectivity index (χ1n) is 9.15. The fourth-order valence-corrected chi connectivity index (χ4v) is 3.92. The van der Waals surface area contributed by atoms with Crippen molar-refractivity contribution in [3.8, 4) is 5.88 Å². The lowest BCUT2D eigenvalue weighted by Crippen LogP contribution is -2.47. The van der Waals surface area contributed by atoms with Crippen LogP contribution in [0.15, 0.2) is 42.7 Å². The monoisotopic (exact) mass is 366 g/mol. The fourth-order valence-electron chi connectivity index (χ4n) is 3.92. The number of carbonyl (C=O) groups is 2. The molecule has 3 fully saturated rings. The van der Waals surface area contributed by atoms with Gasteiger partial charge in [-0.2, -0.15) is 0 Å². The van der Waals surface area contributed by atoms with E-state index < -0.39 is 0 Å². The second-order valence-corrected chi connectivity index (χ2v) is 7.01. The van der Waals surface area contributed by atoms with Crippen molar-refractivity contribution >= 4 is 11.8 Å². The van der Waals surface area contributed by atoms with Gasteiger partial charge in [0.05, 0.1) is 25.3 Å². The van der Waals surface area contributed by atoms with Gasteiger partial charge in [-0.05, 0) is 31.0 Å². The molecule has 0 N–H and O–H groups in total. The molecule has 27 heavy (non-hydrogen) atoms. The van der Waals surface area contributed by atoms with Gasteiger partial charge in [0.15, 0.2) is 0 Å². The molecule has 7 nitrogen and oxygen atoms in total. The number of carbonyl (C=O) groups excluding carboxylic acids is 2. The van der Waals surface area contributed by atoms with Crippen LogP contribution in [-0.4, -0.2) is 57.8 Å². The Morgan fingerprint density at radius 1 is 1.19 bits per heavy atom. The highest BCUT2D eigenvalue weighted by Crippen LogP contribution is 2.31. The molecule has 3 saturated heterocycles. The fraction of sp³-hybridized carbons (Fsp3) is 0.400. The van der Waals surface area contributed by atoms with E-state index in [9.17, 15) is 9.59 Å². The van der Waals surface area contributed by atoms with Crippen molar-refractivity contribution in [2.24, 2.45) is 5.92 Å². The summed E-state index contributed by atoms with van der Waals surface area (Å²) in [6, 6.07) is 9.07. The molecule has 3 aliphatic heterocycles. The average Bonchev–Trinajstić information content (AvgIpc) is 3.01. The molecule has 0 spiro atoms. The highest BCUT2D eigenvalue weighted by atomic mass is 16.5. The number of hydrogen-bond donors (Lipinski definition) is 0. The van der Waals surface area contributed by atoms with Gasteiger partial charge in [-0.1, -0.05) is 6.07 Å². The molecule has 140 valence electrons. The largest absolute Gasteiger partial charge is 0.481 e. The van der Waals surface area contributed by atoms with Crippen LogP contribution in [0.4, 0.5) is 0 Å². The van der Waals surface area contributed by atoms with Crippen molar-refractivity contribution in [2.75, 3.05) is 20.2 Å². The molecule has 2 bridgehead atoms. The molecule has 5 rings (SSSR count). The highest BCUT2D eigenvalue weighted by molar-refractivity contribution is 5.95. The van der Waals surface area contributed by atoms with Crippen LogP contribution in [0.2, 0.25) is 0 Å². The van der Waals surface area contributed by atoms with E-state index in [1.165, 1.54) is 7.11 Å². The topological polar surface area (TPSA) is 75.6 Å². The summed E-state index contributed by atoms with van der Waals surface area (Å²) in [5.74, 6) is 0.297. The molecule has 2 aromatic rings. The third kappa shape index (κ3) is 3.49. The SMILES string of the molecule is COc1cc(C(=O)N2CC3CCC(C2)N(Cc2ccccn2)C3=O)ccn1. The van der Waals surface area contributed by atoms with E-state index in [2.05, 4.69) is 9.97 Å². The summed E-state index contributed by atoms with van der Waals surface area (Å²) >= 11 is 0. The predicted molar refractivity (Wildman–Crippen MR) is 98.0 cm³/mol. The molecule has 0 saturated carbocycles. The van der Waals surface area contributed by atoms with Gasteiger partial charge in [0.1, 0.15) is 0 Å². The van der Waals surface area contributed by atoms with Crippen molar-refractivity contribution < 1.29 is 14.3 Å². The molecule has 0 aliphatic carbocycles. The van der Waals surface area contributed by atoms with Crippen LogP contribution < -0.4 is 4.74 Å². The molecule has 2 amide bonds. The lowest BCUT2D eigenvalue weighted by molar-refractivity contribution is -0.140. The van der Waals surface area contributed by atoms with E-state index in [0.29, 0.717) is 31.1 Å². The molecule has 0 aromatic carbocycles. The van der Waals surface area contributed by atoms with Gasteiger partial charge in [0, 0.05) is 43.2 Å². The highest BCUT2D eigenvalue weighted by Gasteiger charge is 2.42. The minimum Gasteiger partial charge on any atom is -0.481 e. The van der Waals surface area contributed by atoms with Crippen molar-refractivity contribution in [1.82, 2.24) is 19.8 Å². The maximum Gasteiger partial charge on any atom is 0.254 e. The number of piperidine rings is 1. The number of hydrogen-bond acceptors (Lipinski definition) is 5. The number of methoxy groups -OCH3 is 1. The molecule has 2 atom stereocenters. The van der Waals surface area contributed by atoms with Crippen LogP contribution in [0.25, 0.3) is 0 Å². The summed E-state index contributed by atoms with van der Waals surface area (Å²) in [7, 11) is 1.52. The quantitative estimate of drug-likeness (QED) is 0.824. The van der Waals surface area contributed by atoms with Crippen LogP contribution >= 0.6 is 0 Å². The van der Waals surface area contributed by atoms with Crippen LogP contribution in [0.1, 0.15) is 28.9 Å². The Bertz CT molecular complexity index is 842. The Balaban J connectivity index is 1.55. The van der Waals surface area contributed by atoms with Gasteiger partial charge >= 0.3 is 0 Å². The number of ether oxygens (including phenoxy) is 1. The zero-order valence-corrected chi connectivity index (χ0v) is 15.2. The molecule has 7 heteroatoms. The van der Waals surface area contributed by atoms with Crippen molar-refractivity contribution in [3.63, 3.8) is 0 Å². The number of pyridine rings is 2. The van der Waals surface area contributed by atoms with E-state index in [1.54, 1.807) is 29.4 Å². The minimum absolute atomic E-state index is 0.0194. The zero-order valence-electron chi connectivity index (χ0n) is 15.2. The standard InChI is InChI=1S/C20H22N4O3/c1-27-18-10-14(7-9-22-18)19(25)23-11-15-5-6-17(13-23)24(20(15)26)12-16-4-2-3-8-21-16/h2-4,7-10,15,17H,5-6,11-13H2,1H3. The maximum atomic E-state index is 13.0. The smallest absolute Gasteiger partial charge is 0.254 e. The maximum absolute atomic E-state index is 13.0. The molecule has 3 aliphatic rings. The third-order valence-corrected chi connectivity index (χ3v) is 5.33. The van der Waals surface area contributed by atoms with E-state index in [4.69, 9.17) is 4.74 Å². The molecule has 2 unspecified atom stereocenters. The van der Waals surface area contributed by atoms with Gasteiger partial charge in [-0.3, -0.25) is 14.6 Å². The number of nitrogens with zero attached hydrogens (tertiary/aromatic N) is 4. The Hall–Kier alpha value is -2.96. The Morgan fingerprint density at radius 2 is 2.07 bits per heavy atom. The summed E-state index contributed by atoms with van der Waals surface area (Å²) in [5.41, 5.74) is 1.40. The van der Waals surface area contributed by atoms with E-state index >= 15 is 0 Å². The molecular weight excluding hydrogens is 344 g/mol. The van der Waals surface area contributed by atoms with Crippen LogP contribution in [-0.2, 0) is 11.3 Å². The van der Waals surface area contributed by atoms with Crippen molar-refractivity contribution in [1.29, 1.82) is 0 Å². The normalized spacial score (nSPS) is 21.9. The van der Waals surface area contributed by atoms with Gasteiger partial charge < -0.3 is 14.5 Å². The zero-order chi connectivity index (χ0) is 18.8. The lowest BCUT2D eigenvalue weighted by atomic mass is 9.94. The first kappa shape index (κ1) is 17.5. The predicted octanol–water partition coefficient (Wildman–Crippen LogP) is 1.75. The van der Waals surface area contributed by atoms with Crippen LogP contribution in [0.5, 0.6) is 5.88 Å². The molecule has 0 radical (unpaired) electrons. The van der Waals surface area contributed by atoms with Crippen molar-refractivity contribution in [2.45, 2.75) is 25.4 Å². The van der Waals surface area contributed by atoms with Crippen LogP contribution in [0.3, 0.4) is 0 Å². The summed E-state index contributed by atoms with van der Waals surface area (Å²) in [6.07, 6.45) is 5.04. The number of fused-ring (bicyclic) bond motifs is 4.